The predicted octanol–water partition coefficient (Wildman–Crippen LogP) is 4.27. The number of nitrogens with zero attached hydrogens (tertiary/aromatic N) is 2. The van der Waals surface area contributed by atoms with E-state index in [2.05, 4.69) is 12.1 Å². The van der Waals surface area contributed by atoms with Gasteiger partial charge in [-0.2, -0.15) is 4.31 Å². The smallest absolute Gasteiger partial charge is 0.246 e. The number of likely N-dealkylation sites (N-methyl/N-ethyl adjacent to an activating group) is 1. The summed E-state index contributed by atoms with van der Waals surface area (Å²) in [4.78, 5) is 14.8. The second-order valence-corrected chi connectivity index (χ2v) is 9.49. The molecule has 0 radical (unpaired) electrons. The summed E-state index contributed by atoms with van der Waals surface area (Å²) >= 11 is 0. The zero-order valence-corrected chi connectivity index (χ0v) is 18.7. The summed E-state index contributed by atoms with van der Waals surface area (Å²) in [6.45, 7) is 4.52. The SMILES string of the molecule is CCN(CC)S(=O)(=O)c1ccc(C=CC(=O)N(C)C2CCCc3ccccc32)cc1. The maximum atomic E-state index is 12.8. The highest BCUT2D eigenvalue weighted by molar-refractivity contribution is 7.89. The van der Waals surface area contributed by atoms with E-state index in [9.17, 15) is 13.2 Å². The van der Waals surface area contributed by atoms with Gasteiger partial charge in [0.25, 0.3) is 0 Å². The van der Waals surface area contributed by atoms with Crippen molar-refractivity contribution in [3.8, 4) is 0 Å². The fourth-order valence-corrected chi connectivity index (χ4v) is 5.49. The Balaban J connectivity index is 1.71. The van der Waals surface area contributed by atoms with Gasteiger partial charge in [-0.05, 0) is 54.2 Å². The maximum absolute atomic E-state index is 12.8. The third kappa shape index (κ3) is 4.65. The van der Waals surface area contributed by atoms with Crippen LogP contribution in [0.2, 0.25) is 0 Å². The number of amides is 1. The highest BCUT2D eigenvalue weighted by Gasteiger charge is 2.25. The van der Waals surface area contributed by atoms with Gasteiger partial charge < -0.3 is 4.90 Å². The minimum absolute atomic E-state index is 0.0588. The lowest BCUT2D eigenvalue weighted by Crippen LogP contribution is -2.32. The van der Waals surface area contributed by atoms with Gasteiger partial charge in [-0.1, -0.05) is 50.2 Å². The lowest BCUT2D eigenvalue weighted by molar-refractivity contribution is -0.127. The molecule has 0 heterocycles. The van der Waals surface area contributed by atoms with Crippen LogP contribution in [-0.4, -0.2) is 43.7 Å². The molecule has 0 aromatic heterocycles. The Morgan fingerprint density at radius 3 is 2.40 bits per heavy atom. The van der Waals surface area contributed by atoms with Crippen LogP contribution in [0.15, 0.2) is 59.5 Å². The molecule has 6 heteroatoms. The first-order chi connectivity index (χ1) is 14.4. The lowest BCUT2D eigenvalue weighted by Gasteiger charge is -2.32. The van der Waals surface area contributed by atoms with Gasteiger partial charge in [0.1, 0.15) is 0 Å². The van der Waals surface area contributed by atoms with E-state index in [0.717, 1.165) is 24.8 Å². The summed E-state index contributed by atoms with van der Waals surface area (Å²) in [5.74, 6) is -0.0588. The van der Waals surface area contributed by atoms with Gasteiger partial charge >= 0.3 is 0 Å². The van der Waals surface area contributed by atoms with Crippen molar-refractivity contribution in [3.63, 3.8) is 0 Å². The standard InChI is InChI=1S/C24H30N2O3S/c1-4-26(5-2)30(28,29)21-16-13-19(14-17-21)15-18-24(27)25(3)23-12-8-10-20-9-6-7-11-22(20)23/h6-7,9,11,13-18,23H,4-5,8,10,12H2,1-3H3. The first kappa shape index (κ1) is 22.2. The third-order valence-electron chi connectivity index (χ3n) is 5.79. The highest BCUT2D eigenvalue weighted by atomic mass is 32.2. The molecule has 0 bridgehead atoms. The van der Waals surface area contributed by atoms with Gasteiger partial charge in [-0.25, -0.2) is 8.42 Å². The number of benzene rings is 2. The van der Waals surface area contributed by atoms with Crippen molar-refractivity contribution in [2.75, 3.05) is 20.1 Å². The van der Waals surface area contributed by atoms with Crippen LogP contribution in [0.4, 0.5) is 0 Å². The second-order valence-electron chi connectivity index (χ2n) is 7.55. The summed E-state index contributed by atoms with van der Waals surface area (Å²) in [5.41, 5.74) is 3.35. The molecule has 2 aromatic carbocycles. The van der Waals surface area contributed by atoms with Crippen LogP contribution in [0.1, 0.15) is 49.4 Å². The van der Waals surface area contributed by atoms with E-state index >= 15 is 0 Å². The molecule has 0 spiro atoms. The fourth-order valence-electron chi connectivity index (χ4n) is 4.03. The van der Waals surface area contributed by atoms with E-state index in [0.29, 0.717) is 13.1 Å². The molecule has 5 nitrogen and oxygen atoms in total. The topological polar surface area (TPSA) is 57.7 Å². The van der Waals surface area contributed by atoms with Crippen LogP contribution in [0.25, 0.3) is 6.08 Å². The second kappa shape index (κ2) is 9.58. The van der Waals surface area contributed by atoms with Gasteiger partial charge in [-0.15, -0.1) is 0 Å². The molecule has 160 valence electrons. The molecule has 0 N–H and O–H groups in total. The van der Waals surface area contributed by atoms with Crippen molar-refractivity contribution < 1.29 is 13.2 Å². The third-order valence-corrected chi connectivity index (χ3v) is 7.86. The molecule has 1 aliphatic rings. The Bertz CT molecular complexity index is 1010. The molecule has 1 unspecified atom stereocenters. The van der Waals surface area contributed by atoms with Crippen molar-refractivity contribution in [1.82, 2.24) is 9.21 Å². The molecule has 0 fully saturated rings. The number of sulfonamides is 1. The van der Waals surface area contributed by atoms with Gasteiger partial charge in [0.15, 0.2) is 0 Å². The number of rotatable bonds is 7. The number of carbonyl (C=O) groups excluding carboxylic acids is 1. The monoisotopic (exact) mass is 426 g/mol. The van der Waals surface area contributed by atoms with Gasteiger partial charge in [-0.3, -0.25) is 4.79 Å². The first-order valence-electron chi connectivity index (χ1n) is 10.5. The summed E-state index contributed by atoms with van der Waals surface area (Å²) in [6, 6.07) is 15.1. The Morgan fingerprint density at radius 1 is 1.07 bits per heavy atom. The Kier molecular flexibility index (Phi) is 7.10. The zero-order chi connectivity index (χ0) is 21.7. The summed E-state index contributed by atoms with van der Waals surface area (Å²) < 4.78 is 26.6. The van der Waals surface area contributed by atoms with Crippen LogP contribution in [0.5, 0.6) is 0 Å². The lowest BCUT2D eigenvalue weighted by atomic mass is 9.87. The van der Waals surface area contributed by atoms with E-state index in [1.165, 1.54) is 15.4 Å². The van der Waals surface area contributed by atoms with Crippen molar-refractivity contribution in [3.05, 3.63) is 71.3 Å². The minimum Gasteiger partial charge on any atom is -0.335 e. The zero-order valence-electron chi connectivity index (χ0n) is 17.9. The molecule has 1 atom stereocenters. The number of hydrogen-bond donors (Lipinski definition) is 0. The van der Waals surface area contributed by atoms with Gasteiger partial charge in [0.05, 0.1) is 10.9 Å². The molecule has 0 saturated heterocycles. The van der Waals surface area contributed by atoms with Crippen molar-refractivity contribution in [2.24, 2.45) is 0 Å². The molecule has 1 aliphatic carbocycles. The normalized spacial score (nSPS) is 16.6. The quantitative estimate of drug-likeness (QED) is 0.622. The van der Waals surface area contributed by atoms with E-state index in [1.54, 1.807) is 41.3 Å². The Labute approximate surface area is 180 Å². The largest absolute Gasteiger partial charge is 0.335 e. The molecule has 1 amide bonds. The number of carbonyl (C=O) groups is 1. The van der Waals surface area contributed by atoms with Gasteiger partial charge in [0, 0.05) is 26.2 Å². The van der Waals surface area contributed by atoms with Crippen LogP contribution in [-0.2, 0) is 21.2 Å². The number of aryl methyl sites for hydroxylation is 1. The minimum atomic E-state index is -3.47. The molecular formula is C24H30N2O3S. The fraction of sp³-hybridized carbons (Fsp3) is 0.375. The molecule has 3 rings (SSSR count). The average molecular weight is 427 g/mol. The van der Waals surface area contributed by atoms with Crippen LogP contribution < -0.4 is 0 Å². The summed E-state index contributed by atoms with van der Waals surface area (Å²) in [7, 11) is -1.63. The summed E-state index contributed by atoms with van der Waals surface area (Å²) in [6.07, 6.45) is 6.40. The van der Waals surface area contributed by atoms with Crippen molar-refractivity contribution in [2.45, 2.75) is 44.0 Å². The predicted molar refractivity (Wildman–Crippen MR) is 120 cm³/mol. The van der Waals surface area contributed by atoms with Crippen LogP contribution in [0.3, 0.4) is 0 Å². The molecule has 2 aromatic rings. The van der Waals surface area contributed by atoms with E-state index in [4.69, 9.17) is 0 Å². The average Bonchev–Trinajstić information content (AvgIpc) is 2.77. The Morgan fingerprint density at radius 2 is 1.73 bits per heavy atom. The molecule has 30 heavy (non-hydrogen) atoms. The molecule has 0 saturated carbocycles. The van der Waals surface area contributed by atoms with E-state index in [1.807, 2.05) is 33.0 Å². The Hall–Kier alpha value is -2.44. The number of fused-ring (bicyclic) bond motifs is 1. The van der Waals surface area contributed by atoms with Crippen LogP contribution in [0, 0.1) is 0 Å². The van der Waals surface area contributed by atoms with E-state index < -0.39 is 10.0 Å². The molecule has 0 aliphatic heterocycles. The molecular weight excluding hydrogens is 396 g/mol. The number of hydrogen-bond acceptors (Lipinski definition) is 3. The maximum Gasteiger partial charge on any atom is 0.246 e. The van der Waals surface area contributed by atoms with Gasteiger partial charge in [0.2, 0.25) is 15.9 Å². The van der Waals surface area contributed by atoms with Crippen molar-refractivity contribution >= 4 is 22.0 Å². The summed E-state index contributed by atoms with van der Waals surface area (Å²) in [5, 5.41) is 0. The van der Waals surface area contributed by atoms with Crippen LogP contribution >= 0.6 is 0 Å². The van der Waals surface area contributed by atoms with Crippen molar-refractivity contribution in [1.29, 1.82) is 0 Å². The first-order valence-corrected chi connectivity index (χ1v) is 11.9. The van der Waals surface area contributed by atoms with E-state index in [-0.39, 0.29) is 16.8 Å². The highest BCUT2D eigenvalue weighted by Crippen LogP contribution is 2.33.